The maximum Gasteiger partial charge on any atom is 0.333 e. The van der Waals surface area contributed by atoms with Crippen molar-refractivity contribution in [2.75, 3.05) is 106 Å². The first-order valence-electron chi connectivity index (χ1n) is 16.2. The number of amides is 2. The van der Waals surface area contributed by atoms with Gasteiger partial charge >= 0.3 is 5.97 Å². The number of methoxy groups -OCH3 is 1. The van der Waals surface area contributed by atoms with Gasteiger partial charge in [0, 0.05) is 33.0 Å². The molecule has 0 radical (unpaired) electrons. The number of carbonyl (C=O) groups is 3. The van der Waals surface area contributed by atoms with Crippen LogP contribution in [-0.4, -0.2) is 129 Å². The van der Waals surface area contributed by atoms with E-state index in [-0.39, 0.29) is 19.3 Å². The Morgan fingerprint density at radius 2 is 0.795 bits per heavy atom. The topological polar surface area (TPSA) is 138 Å². The van der Waals surface area contributed by atoms with Crippen LogP contribution in [0.5, 0.6) is 0 Å². The van der Waals surface area contributed by atoms with Gasteiger partial charge < -0.3 is 42.7 Å². The maximum absolute atomic E-state index is 11.8. The second kappa shape index (κ2) is 31.3. The summed E-state index contributed by atoms with van der Waals surface area (Å²) < 4.78 is 43.1. The van der Waals surface area contributed by atoms with Crippen LogP contribution in [0.25, 0.3) is 0 Å². The molecule has 0 spiro atoms. The van der Waals surface area contributed by atoms with Crippen LogP contribution in [0.1, 0.15) is 77.0 Å². The predicted molar refractivity (Wildman–Crippen MR) is 161 cm³/mol. The molecule has 1 aliphatic heterocycles. The third-order valence-corrected chi connectivity index (χ3v) is 6.53. The van der Waals surface area contributed by atoms with Crippen molar-refractivity contribution in [2.24, 2.45) is 0 Å². The largest absolute Gasteiger partial charge is 0.382 e. The molecule has 13 heteroatoms. The lowest BCUT2D eigenvalue weighted by Crippen LogP contribution is -2.31. The summed E-state index contributed by atoms with van der Waals surface area (Å²) in [6, 6.07) is 0. The average molecular weight is 636 g/mol. The Balaban J connectivity index is 1.66. The van der Waals surface area contributed by atoms with Gasteiger partial charge in [0.25, 0.3) is 11.8 Å². The number of hydrogen-bond acceptors (Lipinski definition) is 12. The number of carbonyl (C=O) groups excluding carboxylic acids is 3. The number of hydrogen-bond donors (Lipinski definition) is 0. The van der Waals surface area contributed by atoms with Crippen LogP contribution in [0.2, 0.25) is 0 Å². The number of hydroxylamine groups is 2. The van der Waals surface area contributed by atoms with Crippen LogP contribution in [-0.2, 0) is 57.1 Å². The lowest BCUT2D eigenvalue weighted by molar-refractivity contribution is -0.197. The number of imide groups is 1. The van der Waals surface area contributed by atoms with Crippen LogP contribution < -0.4 is 0 Å². The minimum atomic E-state index is -0.512. The molecule has 44 heavy (non-hydrogen) atoms. The first kappa shape index (κ1) is 40.3. The molecule has 0 atom stereocenters. The normalized spacial score (nSPS) is 13.3. The van der Waals surface area contributed by atoms with Gasteiger partial charge in [-0.05, 0) is 12.8 Å². The molecule has 258 valence electrons. The quantitative estimate of drug-likeness (QED) is 0.0758. The number of nitrogens with zero attached hydrogens (tertiary/aromatic N) is 1. The predicted octanol–water partition coefficient (Wildman–Crippen LogP) is 3.26. The van der Waals surface area contributed by atoms with E-state index in [2.05, 4.69) is 0 Å². The van der Waals surface area contributed by atoms with Crippen molar-refractivity contribution in [1.82, 2.24) is 5.06 Å². The first-order chi connectivity index (χ1) is 21.6. The van der Waals surface area contributed by atoms with E-state index in [1.54, 1.807) is 7.11 Å². The lowest BCUT2D eigenvalue weighted by atomic mass is 10.1. The van der Waals surface area contributed by atoms with Crippen molar-refractivity contribution in [3.8, 4) is 0 Å². The molecule has 0 aromatic heterocycles. The van der Waals surface area contributed by atoms with Gasteiger partial charge in [-0.15, -0.1) is 5.06 Å². The summed E-state index contributed by atoms with van der Waals surface area (Å²) in [6.45, 7) is 8.41. The molecule has 0 unspecified atom stereocenters. The third-order valence-electron chi connectivity index (χ3n) is 6.53. The van der Waals surface area contributed by atoms with Crippen LogP contribution in [0.4, 0.5) is 0 Å². The molecule has 1 fully saturated rings. The van der Waals surface area contributed by atoms with Crippen molar-refractivity contribution < 1.29 is 57.1 Å². The highest BCUT2D eigenvalue weighted by atomic mass is 16.7. The monoisotopic (exact) mass is 635 g/mol. The first-order valence-corrected chi connectivity index (χ1v) is 16.2. The van der Waals surface area contributed by atoms with E-state index in [1.807, 2.05) is 0 Å². The molecular weight excluding hydrogens is 578 g/mol. The van der Waals surface area contributed by atoms with Crippen molar-refractivity contribution in [3.63, 3.8) is 0 Å². The highest BCUT2D eigenvalue weighted by Crippen LogP contribution is 2.14. The lowest BCUT2D eigenvalue weighted by Gasteiger charge is -2.12. The maximum atomic E-state index is 11.8. The molecule has 1 heterocycles. The molecule has 0 N–H and O–H groups in total. The van der Waals surface area contributed by atoms with E-state index < -0.39 is 17.8 Å². The summed E-state index contributed by atoms with van der Waals surface area (Å²) in [7, 11) is 1.64. The highest BCUT2D eigenvalue weighted by Gasteiger charge is 2.32. The molecule has 0 aromatic carbocycles. The minimum Gasteiger partial charge on any atom is -0.382 e. The summed E-state index contributed by atoms with van der Waals surface area (Å²) in [5, 5.41) is 0.613. The third kappa shape index (κ3) is 25.6. The second-order valence-electron chi connectivity index (χ2n) is 10.3. The highest BCUT2D eigenvalue weighted by molar-refractivity contribution is 6.01. The summed E-state index contributed by atoms with van der Waals surface area (Å²) in [5.74, 6) is -1.38. The molecule has 0 aliphatic carbocycles. The van der Waals surface area contributed by atoms with Crippen molar-refractivity contribution >= 4 is 17.8 Å². The molecule has 0 saturated carbocycles. The van der Waals surface area contributed by atoms with E-state index >= 15 is 0 Å². The fourth-order valence-electron chi connectivity index (χ4n) is 4.08. The van der Waals surface area contributed by atoms with Gasteiger partial charge in [-0.25, -0.2) is 4.79 Å². The van der Waals surface area contributed by atoms with Crippen molar-refractivity contribution in [2.45, 2.75) is 77.0 Å². The average Bonchev–Trinajstić information content (AvgIpc) is 3.33. The molecule has 1 aliphatic rings. The number of ether oxygens (including phenoxy) is 8. The molecule has 0 bridgehead atoms. The number of rotatable bonds is 34. The van der Waals surface area contributed by atoms with Crippen LogP contribution in [0.3, 0.4) is 0 Å². The Kier molecular flexibility index (Phi) is 28.7. The van der Waals surface area contributed by atoms with Gasteiger partial charge in [0.2, 0.25) is 0 Å². The Morgan fingerprint density at radius 1 is 0.477 bits per heavy atom. The standard InChI is InChI=1S/C31H57NO12/c1-36-15-16-38-19-20-40-23-24-42-27-28-43-26-25-41-22-21-39-18-17-37-14-10-8-6-4-2-3-5-7-9-11-31(35)44-32-29(33)12-13-30(32)34/h2-28H2,1H3. The Labute approximate surface area is 263 Å². The second-order valence-corrected chi connectivity index (χ2v) is 10.3. The van der Waals surface area contributed by atoms with E-state index in [4.69, 9.17) is 42.7 Å². The minimum absolute atomic E-state index is 0.119. The molecule has 13 nitrogen and oxygen atoms in total. The molecule has 1 saturated heterocycles. The zero-order valence-corrected chi connectivity index (χ0v) is 26.9. The van der Waals surface area contributed by atoms with Gasteiger partial charge in [-0.1, -0.05) is 44.9 Å². The van der Waals surface area contributed by atoms with Crippen LogP contribution in [0.15, 0.2) is 0 Å². The SMILES string of the molecule is COCCOCCOCCOCCOCCOCCOCCOCCCCCCCCCCCC(=O)ON1C(=O)CCC1=O. The zero-order chi connectivity index (χ0) is 31.8. The van der Waals surface area contributed by atoms with E-state index in [1.165, 1.54) is 19.3 Å². The smallest absolute Gasteiger partial charge is 0.333 e. The van der Waals surface area contributed by atoms with Gasteiger partial charge in [-0.2, -0.15) is 0 Å². The van der Waals surface area contributed by atoms with Gasteiger partial charge in [0.1, 0.15) is 0 Å². The van der Waals surface area contributed by atoms with E-state index in [0.717, 1.165) is 38.7 Å². The van der Waals surface area contributed by atoms with Crippen molar-refractivity contribution in [3.05, 3.63) is 0 Å². The van der Waals surface area contributed by atoms with Crippen LogP contribution >= 0.6 is 0 Å². The molecular formula is C31H57NO12. The van der Waals surface area contributed by atoms with E-state index in [9.17, 15) is 14.4 Å². The van der Waals surface area contributed by atoms with E-state index in [0.29, 0.717) is 104 Å². The summed E-state index contributed by atoms with van der Waals surface area (Å²) >= 11 is 0. The molecule has 2 amide bonds. The van der Waals surface area contributed by atoms with Crippen molar-refractivity contribution in [1.29, 1.82) is 0 Å². The fraction of sp³-hybridized carbons (Fsp3) is 0.903. The zero-order valence-electron chi connectivity index (χ0n) is 26.9. The Morgan fingerprint density at radius 3 is 1.18 bits per heavy atom. The molecule has 0 aromatic rings. The number of unbranched alkanes of at least 4 members (excludes halogenated alkanes) is 8. The van der Waals surface area contributed by atoms with Gasteiger partial charge in [0.15, 0.2) is 0 Å². The molecule has 1 rings (SSSR count). The Bertz CT molecular complexity index is 681. The van der Waals surface area contributed by atoms with Gasteiger partial charge in [-0.3, -0.25) is 9.59 Å². The summed E-state index contributed by atoms with van der Waals surface area (Å²) in [6.07, 6.45) is 10.1. The van der Waals surface area contributed by atoms with Gasteiger partial charge in [0.05, 0.1) is 92.5 Å². The van der Waals surface area contributed by atoms with Crippen LogP contribution in [0, 0.1) is 0 Å². The fourth-order valence-corrected chi connectivity index (χ4v) is 4.08. The summed E-state index contributed by atoms with van der Waals surface area (Å²) in [4.78, 5) is 39.5. The summed E-state index contributed by atoms with van der Waals surface area (Å²) in [5.41, 5.74) is 0. The Hall–Kier alpha value is -1.71.